The zero-order valence-corrected chi connectivity index (χ0v) is 23.3. The van der Waals surface area contributed by atoms with Gasteiger partial charge in [0.05, 0.1) is 0 Å². The van der Waals surface area contributed by atoms with Crippen molar-refractivity contribution in [2.45, 2.75) is 116 Å². The predicted octanol–water partition coefficient (Wildman–Crippen LogP) is 6.34. The number of hydrogen-bond donors (Lipinski definition) is 1. The predicted molar refractivity (Wildman–Crippen MR) is 146 cm³/mol. The average molecular weight is 500 g/mol. The Labute approximate surface area is 218 Å². The van der Waals surface area contributed by atoms with Crippen LogP contribution in [0.3, 0.4) is 0 Å². The number of benzene rings is 1. The molecular formula is C30H49N3O3. The first-order valence-corrected chi connectivity index (χ1v) is 14.2. The number of hydrogen-bond acceptors (Lipinski definition) is 4. The molecular weight excluding hydrogens is 450 g/mol. The number of piperidine rings is 1. The van der Waals surface area contributed by atoms with Crippen LogP contribution in [0, 0.1) is 5.92 Å². The van der Waals surface area contributed by atoms with Crippen LogP contribution < -0.4 is 5.73 Å². The molecule has 1 aromatic rings. The molecule has 0 radical (unpaired) electrons. The number of ether oxygens (including phenoxy) is 1. The third-order valence-corrected chi connectivity index (χ3v) is 8.16. The lowest BCUT2D eigenvalue weighted by atomic mass is 9.84. The minimum atomic E-state index is -0.462. The van der Waals surface area contributed by atoms with Crippen LogP contribution in [0.15, 0.2) is 24.3 Å². The molecule has 2 aliphatic rings. The topological polar surface area (TPSA) is 75.9 Å². The van der Waals surface area contributed by atoms with Gasteiger partial charge in [0.15, 0.2) is 0 Å². The average Bonchev–Trinajstić information content (AvgIpc) is 3.06. The van der Waals surface area contributed by atoms with Crippen molar-refractivity contribution < 1.29 is 14.3 Å². The Morgan fingerprint density at radius 1 is 1.08 bits per heavy atom. The summed E-state index contributed by atoms with van der Waals surface area (Å²) in [6.07, 6.45) is 10.2. The fraction of sp³-hybridized carbons (Fsp3) is 0.733. The van der Waals surface area contributed by atoms with Crippen LogP contribution in [0.1, 0.15) is 114 Å². The molecule has 0 aromatic heterocycles. The highest BCUT2D eigenvalue weighted by Crippen LogP contribution is 2.43. The van der Waals surface area contributed by atoms with E-state index in [-0.39, 0.29) is 12.0 Å². The van der Waals surface area contributed by atoms with Crippen molar-refractivity contribution in [1.29, 1.82) is 0 Å². The number of carbonyl (C=O) groups excluding carboxylic acids is 2. The number of unbranched alkanes of at least 4 members (excludes halogenated alkanes) is 2. The molecule has 0 aliphatic carbocycles. The van der Waals surface area contributed by atoms with Crippen molar-refractivity contribution >= 4 is 12.0 Å². The highest BCUT2D eigenvalue weighted by molar-refractivity contribution is 5.92. The summed E-state index contributed by atoms with van der Waals surface area (Å²) in [5.74, 6) is 0.700. The van der Waals surface area contributed by atoms with Gasteiger partial charge in [-0.15, -0.1) is 0 Å². The van der Waals surface area contributed by atoms with Crippen LogP contribution in [0.5, 0.6) is 0 Å². The molecule has 0 unspecified atom stereocenters. The number of primary amides is 1. The Balaban J connectivity index is 1.46. The van der Waals surface area contributed by atoms with Crippen LogP contribution in [0.4, 0.5) is 4.79 Å². The van der Waals surface area contributed by atoms with E-state index in [1.165, 1.54) is 37.7 Å². The molecule has 2 amide bonds. The van der Waals surface area contributed by atoms with E-state index < -0.39 is 5.60 Å². The summed E-state index contributed by atoms with van der Waals surface area (Å²) in [6.45, 7) is 12.9. The van der Waals surface area contributed by atoms with Gasteiger partial charge >= 0.3 is 6.09 Å². The van der Waals surface area contributed by atoms with E-state index in [0.29, 0.717) is 29.5 Å². The third kappa shape index (κ3) is 7.96. The maximum absolute atomic E-state index is 12.8. The number of carbonyl (C=O) groups is 2. The van der Waals surface area contributed by atoms with E-state index in [9.17, 15) is 9.59 Å². The highest BCUT2D eigenvalue weighted by Gasteiger charge is 2.40. The van der Waals surface area contributed by atoms with E-state index in [4.69, 9.17) is 10.5 Å². The van der Waals surface area contributed by atoms with Crippen molar-refractivity contribution in [1.82, 2.24) is 9.80 Å². The number of nitrogens with two attached hydrogens (primary N) is 1. The highest BCUT2D eigenvalue weighted by atomic mass is 16.6. The first-order chi connectivity index (χ1) is 17.1. The van der Waals surface area contributed by atoms with Gasteiger partial charge in [0.2, 0.25) is 5.91 Å². The molecule has 3 atom stereocenters. The fourth-order valence-electron chi connectivity index (χ4n) is 6.07. The van der Waals surface area contributed by atoms with E-state index in [1.54, 1.807) is 0 Å². The first-order valence-electron chi connectivity index (χ1n) is 14.2. The molecule has 36 heavy (non-hydrogen) atoms. The van der Waals surface area contributed by atoms with E-state index in [2.05, 4.69) is 24.8 Å². The Bertz CT molecular complexity index is 847. The van der Waals surface area contributed by atoms with Crippen LogP contribution in [0.25, 0.3) is 0 Å². The largest absolute Gasteiger partial charge is 0.444 e. The molecule has 2 aliphatic heterocycles. The Morgan fingerprint density at radius 2 is 1.75 bits per heavy atom. The van der Waals surface area contributed by atoms with Gasteiger partial charge in [0.25, 0.3) is 0 Å². The van der Waals surface area contributed by atoms with E-state index >= 15 is 0 Å². The molecule has 6 nitrogen and oxygen atoms in total. The van der Waals surface area contributed by atoms with Gasteiger partial charge in [-0.2, -0.15) is 0 Å². The molecule has 2 fully saturated rings. The number of nitrogens with zero attached hydrogens (tertiary/aromatic N) is 2. The first kappa shape index (κ1) is 28.5. The number of rotatable bonds is 12. The summed E-state index contributed by atoms with van der Waals surface area (Å²) in [5, 5.41) is 0. The molecule has 0 spiro atoms. The van der Waals surface area contributed by atoms with Gasteiger partial charge in [0.1, 0.15) is 5.60 Å². The van der Waals surface area contributed by atoms with Crippen LogP contribution >= 0.6 is 0 Å². The van der Waals surface area contributed by atoms with Crippen LogP contribution in [-0.4, -0.2) is 59.1 Å². The summed E-state index contributed by atoms with van der Waals surface area (Å²) in [5.41, 5.74) is 6.93. The van der Waals surface area contributed by atoms with Crippen molar-refractivity contribution in [3.05, 3.63) is 35.4 Å². The number of fused-ring (bicyclic) bond motifs is 2. The Hall–Kier alpha value is -2.08. The molecule has 3 rings (SSSR count). The van der Waals surface area contributed by atoms with Gasteiger partial charge in [-0.1, -0.05) is 45.2 Å². The molecule has 2 N–H and O–H groups in total. The number of amides is 2. The standard InChI is InChI=1S/C30H49N3O3/c1-6-22(7-2)21-32(29(35)36-30(3,4)5)16-9-8-10-17-33-26-14-15-27(33)20-25(19-26)23-12-11-13-24(18-23)28(31)34/h11-13,18,22,25-27H,6-10,14-17,19-21H2,1-5H3,(H2,31,34)/t25-,26+,27-. The maximum atomic E-state index is 12.8. The molecule has 2 bridgehead atoms. The molecule has 0 saturated carbocycles. The fourth-order valence-corrected chi connectivity index (χ4v) is 6.07. The van der Waals surface area contributed by atoms with Gasteiger partial charge in [-0.05, 0) is 95.4 Å². The van der Waals surface area contributed by atoms with Crippen molar-refractivity contribution in [2.24, 2.45) is 11.7 Å². The van der Waals surface area contributed by atoms with E-state index in [1.807, 2.05) is 43.9 Å². The molecule has 2 heterocycles. The minimum Gasteiger partial charge on any atom is -0.444 e. The zero-order chi connectivity index (χ0) is 26.3. The van der Waals surface area contributed by atoms with E-state index in [0.717, 1.165) is 45.3 Å². The quantitative estimate of drug-likeness (QED) is 0.341. The lowest BCUT2D eigenvalue weighted by Gasteiger charge is -2.39. The van der Waals surface area contributed by atoms with Crippen LogP contribution in [0.2, 0.25) is 0 Å². The van der Waals surface area contributed by atoms with Gasteiger partial charge in [-0.25, -0.2) is 4.79 Å². The summed E-state index contributed by atoms with van der Waals surface area (Å²) in [7, 11) is 0. The summed E-state index contributed by atoms with van der Waals surface area (Å²) in [4.78, 5) is 29.1. The van der Waals surface area contributed by atoms with Crippen LogP contribution in [-0.2, 0) is 4.74 Å². The van der Waals surface area contributed by atoms with Gasteiger partial charge in [0, 0.05) is 30.7 Å². The van der Waals surface area contributed by atoms with Gasteiger partial charge < -0.3 is 15.4 Å². The van der Waals surface area contributed by atoms with Crippen molar-refractivity contribution in [3.8, 4) is 0 Å². The maximum Gasteiger partial charge on any atom is 0.410 e. The lowest BCUT2D eigenvalue weighted by Crippen LogP contribution is -2.42. The zero-order valence-electron chi connectivity index (χ0n) is 23.3. The molecule has 1 aromatic carbocycles. The molecule has 202 valence electrons. The third-order valence-electron chi connectivity index (χ3n) is 8.16. The second-order valence-electron chi connectivity index (χ2n) is 12.0. The molecule has 2 saturated heterocycles. The normalized spacial score (nSPS) is 22.1. The SMILES string of the molecule is CCC(CC)CN(CCCCCN1[C@@H]2CC[C@H]1C[C@@H](c1cccc(C(N)=O)c1)C2)C(=O)OC(C)(C)C. The smallest absolute Gasteiger partial charge is 0.410 e. The molecule has 6 heteroatoms. The van der Waals surface area contributed by atoms with Gasteiger partial charge in [-0.3, -0.25) is 9.69 Å². The Morgan fingerprint density at radius 3 is 2.33 bits per heavy atom. The monoisotopic (exact) mass is 499 g/mol. The summed E-state index contributed by atoms with van der Waals surface area (Å²) in [6, 6.07) is 9.21. The van der Waals surface area contributed by atoms with Crippen molar-refractivity contribution in [2.75, 3.05) is 19.6 Å². The lowest BCUT2D eigenvalue weighted by molar-refractivity contribution is 0.0213. The van der Waals surface area contributed by atoms with Crippen molar-refractivity contribution in [3.63, 3.8) is 0 Å². The second kappa shape index (κ2) is 12.9. The summed E-state index contributed by atoms with van der Waals surface area (Å²) >= 11 is 0. The Kier molecular flexibility index (Phi) is 10.2. The minimum absolute atomic E-state index is 0.171. The second-order valence-corrected chi connectivity index (χ2v) is 12.0. The summed E-state index contributed by atoms with van der Waals surface area (Å²) < 4.78 is 5.70.